The number of allylic oxidation sites excluding steroid dienone is 4. The molecule has 3 aliphatic rings. The van der Waals surface area contributed by atoms with Crippen LogP contribution < -0.4 is 0 Å². The Morgan fingerprint density at radius 3 is 1.83 bits per heavy atom. The number of hydrogen-bond donors (Lipinski definition) is 2. The van der Waals surface area contributed by atoms with Crippen LogP contribution in [-0.2, 0) is 23.9 Å². The molecule has 0 aromatic heterocycles. The Morgan fingerprint density at radius 1 is 0.812 bits per heavy atom. The molecule has 0 spiro atoms. The van der Waals surface area contributed by atoms with Gasteiger partial charge >= 0.3 is 11.9 Å². The Kier molecular flexibility index (Phi) is 12.7. The number of piperidine rings is 1. The molecular formula is C39H37NO7S. The van der Waals surface area contributed by atoms with Crippen molar-refractivity contribution < 1.29 is 34.1 Å². The molecule has 0 amide bonds. The smallest absolute Gasteiger partial charge is 0.328 e. The van der Waals surface area contributed by atoms with Crippen LogP contribution in [0.1, 0.15) is 35.4 Å². The summed E-state index contributed by atoms with van der Waals surface area (Å²) in [5.74, 6) is -3.23. The maximum atomic E-state index is 12.1. The van der Waals surface area contributed by atoms with Crippen LogP contribution in [-0.4, -0.2) is 65.9 Å². The molecule has 0 saturated carbocycles. The van der Waals surface area contributed by atoms with Gasteiger partial charge in [0.05, 0.1) is 7.11 Å². The number of nitrogens with zero attached hydrogens (tertiary/aromatic N) is 1. The van der Waals surface area contributed by atoms with Crippen molar-refractivity contribution in [2.24, 2.45) is 0 Å². The molecule has 0 radical (unpaired) electrons. The van der Waals surface area contributed by atoms with Gasteiger partial charge in [0.25, 0.3) is 0 Å². The van der Waals surface area contributed by atoms with Crippen LogP contribution in [0, 0.1) is 0 Å². The lowest BCUT2D eigenvalue weighted by molar-refractivity contribution is -0.134. The zero-order valence-electron chi connectivity index (χ0n) is 26.8. The number of carbonyl (C=O) groups excluding carboxylic acids is 2. The third-order valence-corrected chi connectivity index (χ3v) is 9.02. The normalized spacial score (nSPS) is 16.1. The van der Waals surface area contributed by atoms with Crippen LogP contribution in [0.25, 0.3) is 5.57 Å². The molecule has 1 unspecified atom stereocenters. The Balaban J connectivity index is 0.000000179. The predicted molar refractivity (Wildman–Crippen MR) is 187 cm³/mol. The van der Waals surface area contributed by atoms with Gasteiger partial charge in [-0.05, 0) is 60.4 Å². The van der Waals surface area contributed by atoms with E-state index in [1.807, 2.05) is 42.1 Å². The Bertz CT molecular complexity index is 1750. The van der Waals surface area contributed by atoms with Gasteiger partial charge in [-0.15, -0.1) is 6.58 Å². The first kappa shape index (κ1) is 35.6. The van der Waals surface area contributed by atoms with Gasteiger partial charge in [0.1, 0.15) is 0 Å². The summed E-state index contributed by atoms with van der Waals surface area (Å²) in [6, 6.07) is 27.2. The summed E-state index contributed by atoms with van der Waals surface area (Å²) < 4.78 is 4.86. The molecule has 0 bridgehead atoms. The Labute approximate surface area is 284 Å². The molecule has 8 nitrogen and oxygen atoms in total. The molecule has 48 heavy (non-hydrogen) atoms. The van der Waals surface area contributed by atoms with Gasteiger partial charge in [0, 0.05) is 52.6 Å². The van der Waals surface area contributed by atoms with Crippen molar-refractivity contribution in [3.63, 3.8) is 0 Å². The lowest BCUT2D eigenvalue weighted by Gasteiger charge is -2.30. The lowest BCUT2D eigenvalue weighted by Crippen LogP contribution is -2.27. The summed E-state index contributed by atoms with van der Waals surface area (Å²) in [6.45, 7) is 6.11. The summed E-state index contributed by atoms with van der Waals surface area (Å²) in [7, 11) is 3.60. The van der Waals surface area contributed by atoms with Gasteiger partial charge in [-0.3, -0.25) is 9.59 Å². The van der Waals surface area contributed by atoms with Crippen LogP contribution in [0.2, 0.25) is 0 Å². The van der Waals surface area contributed by atoms with E-state index in [4.69, 9.17) is 14.9 Å². The van der Waals surface area contributed by atoms with Crippen LogP contribution in [0.3, 0.4) is 0 Å². The van der Waals surface area contributed by atoms with E-state index in [0.29, 0.717) is 17.7 Å². The standard InChI is InChI=1S/C19H19NS.C16H14O3.C4H4O4/c1-20-12-10-14(11-13-20)19-15-6-2-4-8-17(15)21-18-9-5-3-7-16(18)19;1-3-12(11-7-5-4-6-8-11)13-9-15(18)16(19-2)10-14(13)17;5-3(6)1-2-4(7)8/h2-9H,10-13H2,1H3;3-10,12H,1H2,2H3;1-2H,(H,5,6)(H,7,8). The SMILES string of the molecule is C=CC(C1=CC(=O)C(OC)=CC1=O)c1ccccc1.CN1CCC(=C2c3ccccc3Sc3ccccc32)CC1.O=C(O)C=CC(=O)O. The zero-order valence-corrected chi connectivity index (χ0v) is 27.6. The molecule has 1 fully saturated rings. The monoisotopic (exact) mass is 663 g/mol. The number of methoxy groups -OCH3 is 1. The molecule has 2 N–H and O–H groups in total. The first-order valence-corrected chi connectivity index (χ1v) is 16.1. The predicted octanol–water partition coefficient (Wildman–Crippen LogP) is 6.96. The second-order valence-electron chi connectivity index (χ2n) is 11.1. The van der Waals surface area contributed by atoms with Crippen molar-refractivity contribution in [2.75, 3.05) is 27.2 Å². The van der Waals surface area contributed by atoms with Gasteiger partial charge in [0.2, 0.25) is 5.78 Å². The Hall–Kier alpha value is -5.25. The summed E-state index contributed by atoms with van der Waals surface area (Å²) in [4.78, 5) is 48.2. The van der Waals surface area contributed by atoms with Crippen molar-refractivity contribution in [3.05, 3.63) is 149 Å². The summed E-state index contributed by atoms with van der Waals surface area (Å²) in [5, 5.41) is 15.6. The van der Waals surface area contributed by atoms with E-state index >= 15 is 0 Å². The van der Waals surface area contributed by atoms with Crippen molar-refractivity contribution >= 4 is 40.8 Å². The minimum atomic E-state index is -1.26. The highest BCUT2D eigenvalue weighted by atomic mass is 32.2. The molecule has 2 heterocycles. The van der Waals surface area contributed by atoms with E-state index in [1.165, 1.54) is 71.7 Å². The number of likely N-dealkylation sites (tertiary alicyclic amines) is 1. The molecule has 6 rings (SSSR count). The number of ketones is 2. The van der Waals surface area contributed by atoms with E-state index in [0.717, 1.165) is 5.56 Å². The lowest BCUT2D eigenvalue weighted by atomic mass is 9.85. The molecule has 9 heteroatoms. The largest absolute Gasteiger partial charge is 0.493 e. The maximum absolute atomic E-state index is 12.1. The molecular weight excluding hydrogens is 626 g/mol. The highest BCUT2D eigenvalue weighted by Crippen LogP contribution is 2.47. The van der Waals surface area contributed by atoms with E-state index in [-0.39, 0.29) is 23.2 Å². The number of carboxylic acid groups (broad SMARTS) is 2. The second kappa shape index (κ2) is 17.1. The van der Waals surface area contributed by atoms with Crippen LogP contribution in [0.15, 0.2) is 143 Å². The summed E-state index contributed by atoms with van der Waals surface area (Å²) >= 11 is 1.91. The number of ether oxygens (including phenoxy) is 1. The number of aliphatic carboxylic acids is 2. The van der Waals surface area contributed by atoms with Crippen molar-refractivity contribution in [1.82, 2.24) is 4.90 Å². The maximum Gasteiger partial charge on any atom is 0.328 e. The quantitative estimate of drug-likeness (QED) is 0.128. The molecule has 1 atom stereocenters. The average Bonchev–Trinajstić information content (AvgIpc) is 3.09. The fourth-order valence-corrected chi connectivity index (χ4v) is 6.60. The number of benzene rings is 3. The highest BCUT2D eigenvalue weighted by Gasteiger charge is 2.27. The minimum Gasteiger partial charge on any atom is -0.493 e. The van der Waals surface area contributed by atoms with Crippen LogP contribution in [0.5, 0.6) is 0 Å². The fraction of sp³-hybridized carbons (Fsp3) is 0.179. The van der Waals surface area contributed by atoms with E-state index < -0.39 is 11.9 Å². The third kappa shape index (κ3) is 9.18. The van der Waals surface area contributed by atoms with Gasteiger partial charge < -0.3 is 19.8 Å². The van der Waals surface area contributed by atoms with Crippen LogP contribution >= 0.6 is 11.8 Å². The zero-order chi connectivity index (χ0) is 34.6. The molecule has 1 aliphatic carbocycles. The average molecular weight is 664 g/mol. The number of fused-ring (bicyclic) bond motifs is 2. The van der Waals surface area contributed by atoms with Crippen molar-refractivity contribution in [1.29, 1.82) is 0 Å². The first-order chi connectivity index (χ1) is 23.1. The Morgan fingerprint density at radius 2 is 1.33 bits per heavy atom. The van der Waals surface area contributed by atoms with E-state index in [9.17, 15) is 19.2 Å². The van der Waals surface area contributed by atoms with Gasteiger partial charge in [-0.1, -0.05) is 90.1 Å². The topological polar surface area (TPSA) is 121 Å². The third-order valence-electron chi connectivity index (χ3n) is 7.87. The van der Waals surface area contributed by atoms with Gasteiger partial charge in [-0.25, -0.2) is 9.59 Å². The van der Waals surface area contributed by atoms with E-state index in [2.05, 4.69) is 67.1 Å². The highest BCUT2D eigenvalue weighted by molar-refractivity contribution is 7.99. The molecule has 1 saturated heterocycles. The molecule has 246 valence electrons. The van der Waals surface area contributed by atoms with E-state index in [1.54, 1.807) is 11.6 Å². The summed E-state index contributed by atoms with van der Waals surface area (Å²) in [5.41, 5.74) is 7.36. The summed E-state index contributed by atoms with van der Waals surface area (Å²) in [6.07, 6.45) is 7.73. The minimum absolute atomic E-state index is 0.0737. The van der Waals surface area contributed by atoms with Crippen molar-refractivity contribution in [3.8, 4) is 0 Å². The van der Waals surface area contributed by atoms with Crippen LogP contribution in [0.4, 0.5) is 0 Å². The number of hydrogen-bond acceptors (Lipinski definition) is 7. The van der Waals surface area contributed by atoms with Gasteiger partial charge in [0.15, 0.2) is 11.5 Å². The van der Waals surface area contributed by atoms with Gasteiger partial charge in [-0.2, -0.15) is 0 Å². The first-order valence-electron chi connectivity index (χ1n) is 15.3. The number of carbonyl (C=O) groups is 4. The number of rotatable bonds is 6. The fourth-order valence-electron chi connectivity index (χ4n) is 5.51. The number of carboxylic acids is 2. The molecule has 2 aliphatic heterocycles. The second-order valence-corrected chi connectivity index (χ2v) is 12.1. The molecule has 3 aromatic carbocycles. The van der Waals surface area contributed by atoms with Crippen molar-refractivity contribution in [2.45, 2.75) is 28.6 Å². The molecule has 3 aromatic rings.